The van der Waals surface area contributed by atoms with Crippen molar-refractivity contribution in [2.24, 2.45) is 5.92 Å². The molecule has 6 nitrogen and oxygen atoms in total. The Morgan fingerprint density at radius 1 is 1.08 bits per heavy atom. The Hall–Kier alpha value is -1.85. The van der Waals surface area contributed by atoms with Crippen molar-refractivity contribution in [1.82, 2.24) is 15.3 Å². The van der Waals surface area contributed by atoms with Crippen molar-refractivity contribution < 1.29 is 14.3 Å². The fourth-order valence-corrected chi connectivity index (χ4v) is 3.92. The van der Waals surface area contributed by atoms with E-state index in [4.69, 9.17) is 9.47 Å². The van der Waals surface area contributed by atoms with Crippen LogP contribution < -0.4 is 14.8 Å². The first-order chi connectivity index (χ1) is 12.2. The summed E-state index contributed by atoms with van der Waals surface area (Å²) in [7, 11) is 1.56. The van der Waals surface area contributed by atoms with E-state index >= 15 is 0 Å². The number of hydrogen-bond donors (Lipinski definition) is 1. The average molecular weight is 347 g/mol. The molecule has 0 aliphatic heterocycles. The number of ether oxygens (including phenoxy) is 2. The Balaban J connectivity index is 1.38. The van der Waals surface area contributed by atoms with Crippen molar-refractivity contribution in [2.75, 3.05) is 7.11 Å². The van der Waals surface area contributed by atoms with E-state index in [0.29, 0.717) is 24.1 Å². The Morgan fingerprint density at radius 3 is 2.52 bits per heavy atom. The minimum atomic E-state index is 0.132. The van der Waals surface area contributed by atoms with Gasteiger partial charge in [0.25, 0.3) is 0 Å². The number of carbonyl (C=O) groups excluding carboxylic acids is 1. The van der Waals surface area contributed by atoms with Crippen molar-refractivity contribution >= 4 is 5.91 Å². The van der Waals surface area contributed by atoms with Crippen LogP contribution >= 0.6 is 0 Å². The molecule has 1 N–H and O–H groups in total. The Morgan fingerprint density at radius 2 is 1.80 bits per heavy atom. The van der Waals surface area contributed by atoms with E-state index < -0.39 is 0 Å². The van der Waals surface area contributed by atoms with Crippen LogP contribution in [0.3, 0.4) is 0 Å². The van der Waals surface area contributed by atoms with E-state index in [2.05, 4.69) is 15.3 Å². The molecular weight excluding hydrogens is 318 g/mol. The van der Waals surface area contributed by atoms with Gasteiger partial charge in [-0.25, -0.2) is 0 Å². The second kappa shape index (κ2) is 9.02. The molecule has 0 radical (unpaired) electrons. The van der Waals surface area contributed by atoms with Gasteiger partial charge in [0.15, 0.2) is 0 Å². The molecule has 2 saturated carbocycles. The molecule has 0 aromatic carbocycles. The molecule has 0 unspecified atom stereocenters. The highest BCUT2D eigenvalue weighted by Crippen LogP contribution is 2.27. The number of hydrogen-bond acceptors (Lipinski definition) is 5. The third-order valence-corrected chi connectivity index (χ3v) is 5.33. The van der Waals surface area contributed by atoms with Gasteiger partial charge < -0.3 is 14.8 Å². The number of carbonyl (C=O) groups is 1. The largest absolute Gasteiger partial charge is 0.480 e. The van der Waals surface area contributed by atoms with Crippen molar-refractivity contribution in [3.8, 4) is 11.8 Å². The average Bonchev–Trinajstić information content (AvgIpc) is 2.64. The Bertz CT molecular complexity index is 553. The van der Waals surface area contributed by atoms with Gasteiger partial charge in [0.1, 0.15) is 6.10 Å². The molecule has 0 atom stereocenters. The molecule has 2 aliphatic rings. The fraction of sp³-hybridized carbons (Fsp3) is 0.737. The van der Waals surface area contributed by atoms with Crippen molar-refractivity contribution in [2.45, 2.75) is 76.4 Å². The van der Waals surface area contributed by atoms with Crippen LogP contribution in [0, 0.1) is 5.92 Å². The Kier molecular flexibility index (Phi) is 6.48. The van der Waals surface area contributed by atoms with E-state index in [1.54, 1.807) is 19.5 Å². The maximum atomic E-state index is 12.2. The monoisotopic (exact) mass is 347 g/mol. The number of rotatable bonds is 6. The van der Waals surface area contributed by atoms with Crippen LogP contribution in [0.25, 0.3) is 0 Å². The van der Waals surface area contributed by atoms with Gasteiger partial charge in [0.2, 0.25) is 17.7 Å². The highest BCUT2D eigenvalue weighted by atomic mass is 16.5. The lowest BCUT2D eigenvalue weighted by Crippen LogP contribution is -2.40. The zero-order valence-corrected chi connectivity index (χ0v) is 15.1. The SMILES string of the molecule is COc1cncc(OC2CCC(NC(=O)CC3CCCCC3)CC2)n1. The summed E-state index contributed by atoms with van der Waals surface area (Å²) in [5.74, 6) is 1.79. The standard InChI is InChI=1S/C19H29N3O3/c1-24-18-12-20-13-19(22-18)25-16-9-7-15(8-10-16)21-17(23)11-14-5-3-2-4-6-14/h12-16H,2-11H2,1H3,(H,21,23). The molecule has 1 aromatic heterocycles. The molecule has 1 amide bonds. The van der Waals surface area contributed by atoms with Crippen LogP contribution in [-0.4, -0.2) is 35.1 Å². The van der Waals surface area contributed by atoms with Gasteiger partial charge in [-0.2, -0.15) is 4.98 Å². The lowest BCUT2D eigenvalue weighted by molar-refractivity contribution is -0.123. The molecule has 0 bridgehead atoms. The summed E-state index contributed by atoms with van der Waals surface area (Å²) in [6, 6.07) is 0.285. The third-order valence-electron chi connectivity index (χ3n) is 5.33. The number of aromatic nitrogens is 2. The molecule has 0 spiro atoms. The van der Waals surface area contributed by atoms with Crippen molar-refractivity contribution in [1.29, 1.82) is 0 Å². The molecule has 25 heavy (non-hydrogen) atoms. The molecule has 2 fully saturated rings. The lowest BCUT2D eigenvalue weighted by atomic mass is 9.86. The number of nitrogens with one attached hydrogen (secondary N) is 1. The quantitative estimate of drug-likeness (QED) is 0.855. The lowest BCUT2D eigenvalue weighted by Gasteiger charge is -2.30. The molecule has 138 valence electrons. The molecule has 1 heterocycles. The summed E-state index contributed by atoms with van der Waals surface area (Å²) in [4.78, 5) is 20.6. The van der Waals surface area contributed by atoms with Crippen molar-refractivity contribution in [3.63, 3.8) is 0 Å². The van der Waals surface area contributed by atoms with Crippen LogP contribution in [0.5, 0.6) is 11.8 Å². The van der Waals surface area contributed by atoms with Gasteiger partial charge in [-0.1, -0.05) is 19.3 Å². The molecular formula is C19H29N3O3. The van der Waals surface area contributed by atoms with E-state index in [-0.39, 0.29) is 18.1 Å². The minimum Gasteiger partial charge on any atom is -0.480 e. The second-order valence-electron chi connectivity index (χ2n) is 7.27. The summed E-state index contributed by atoms with van der Waals surface area (Å²) in [6.07, 6.45) is 14.1. The zero-order chi connectivity index (χ0) is 17.5. The fourth-order valence-electron chi connectivity index (χ4n) is 3.92. The maximum absolute atomic E-state index is 12.2. The predicted octanol–water partition coefficient (Wildman–Crippen LogP) is 3.26. The summed E-state index contributed by atoms with van der Waals surface area (Å²) >= 11 is 0. The van der Waals surface area contributed by atoms with Crippen LogP contribution in [-0.2, 0) is 4.79 Å². The van der Waals surface area contributed by atoms with E-state index in [1.807, 2.05) is 0 Å². The van der Waals surface area contributed by atoms with Crippen LogP contribution in [0.15, 0.2) is 12.4 Å². The highest BCUT2D eigenvalue weighted by Gasteiger charge is 2.25. The molecule has 1 aromatic rings. The van der Waals surface area contributed by atoms with Gasteiger partial charge in [-0.05, 0) is 44.4 Å². The smallest absolute Gasteiger partial charge is 0.235 e. The van der Waals surface area contributed by atoms with Crippen molar-refractivity contribution in [3.05, 3.63) is 12.4 Å². The minimum absolute atomic E-state index is 0.132. The number of methoxy groups -OCH3 is 1. The second-order valence-corrected chi connectivity index (χ2v) is 7.27. The van der Waals surface area contributed by atoms with E-state index in [9.17, 15) is 4.79 Å². The predicted molar refractivity (Wildman–Crippen MR) is 94.6 cm³/mol. The number of amides is 1. The zero-order valence-electron chi connectivity index (χ0n) is 15.1. The summed E-state index contributed by atoms with van der Waals surface area (Å²) in [5, 5.41) is 3.23. The van der Waals surface area contributed by atoms with E-state index in [0.717, 1.165) is 25.7 Å². The van der Waals surface area contributed by atoms with Gasteiger partial charge in [0.05, 0.1) is 19.5 Å². The highest BCUT2D eigenvalue weighted by molar-refractivity contribution is 5.76. The summed E-state index contributed by atoms with van der Waals surface area (Å²) < 4.78 is 11.0. The van der Waals surface area contributed by atoms with Crippen LogP contribution in [0.2, 0.25) is 0 Å². The first-order valence-corrected chi connectivity index (χ1v) is 9.55. The van der Waals surface area contributed by atoms with Gasteiger partial charge in [-0.15, -0.1) is 0 Å². The van der Waals surface area contributed by atoms with E-state index in [1.165, 1.54) is 32.1 Å². The maximum Gasteiger partial charge on any atom is 0.235 e. The van der Waals surface area contributed by atoms with Gasteiger partial charge in [-0.3, -0.25) is 9.78 Å². The van der Waals surface area contributed by atoms with Crippen LogP contribution in [0.1, 0.15) is 64.2 Å². The summed E-state index contributed by atoms with van der Waals surface area (Å²) in [6.45, 7) is 0. The van der Waals surface area contributed by atoms with Crippen LogP contribution in [0.4, 0.5) is 0 Å². The van der Waals surface area contributed by atoms with Gasteiger partial charge in [0, 0.05) is 12.5 Å². The first-order valence-electron chi connectivity index (χ1n) is 9.55. The molecule has 3 rings (SSSR count). The molecule has 6 heteroatoms. The normalized spacial score (nSPS) is 24.5. The molecule has 2 aliphatic carbocycles. The third kappa shape index (κ3) is 5.58. The topological polar surface area (TPSA) is 73.3 Å². The summed E-state index contributed by atoms with van der Waals surface area (Å²) in [5.41, 5.74) is 0. The molecule has 0 saturated heterocycles. The van der Waals surface area contributed by atoms with Gasteiger partial charge >= 0.3 is 0 Å². The Labute approximate surface area is 149 Å². The number of nitrogens with zero attached hydrogens (tertiary/aromatic N) is 2. The first kappa shape index (κ1) is 18.0.